The van der Waals surface area contributed by atoms with E-state index in [1.54, 1.807) is 5.01 Å². The van der Waals surface area contributed by atoms with Crippen molar-refractivity contribution in [2.45, 2.75) is 80.9 Å². The third kappa shape index (κ3) is 5.18. The number of carbonyl (C=O) groups is 2. The molecular weight excluding hydrogens is 496 g/mol. The van der Waals surface area contributed by atoms with E-state index in [1.165, 1.54) is 0 Å². The average Bonchev–Trinajstić information content (AvgIpc) is 3.03. The van der Waals surface area contributed by atoms with E-state index in [0.717, 1.165) is 32.4 Å². The predicted octanol–water partition coefficient (Wildman–Crippen LogP) is -2.17. The minimum Gasteiger partial charge on any atom is -0.350 e. The maximum absolute atomic E-state index is 15.4. The van der Waals surface area contributed by atoms with Gasteiger partial charge in [-0.25, -0.2) is 19.2 Å². The first-order valence-corrected chi connectivity index (χ1v) is 14.5. The van der Waals surface area contributed by atoms with Crippen molar-refractivity contribution in [3.63, 3.8) is 0 Å². The van der Waals surface area contributed by atoms with Crippen LogP contribution in [-0.2, 0) is 9.59 Å². The average molecular weight is 540 g/mol. The summed E-state index contributed by atoms with van der Waals surface area (Å²) in [4.78, 5) is 31.1. The molecule has 0 saturated carbocycles. The number of carbonyl (C=O) groups excluding carboxylic acids is 2. The van der Waals surface area contributed by atoms with Crippen LogP contribution >= 0.6 is 0 Å². The number of hydrogen-bond donors (Lipinski definition) is 6. The third-order valence-electron chi connectivity index (χ3n) is 9.67. The molecule has 0 spiro atoms. The molecule has 13 heteroatoms. The van der Waals surface area contributed by atoms with Crippen LogP contribution in [0.5, 0.6) is 0 Å². The topological polar surface area (TPSA) is 130 Å². The van der Waals surface area contributed by atoms with Gasteiger partial charge in [-0.2, -0.15) is 0 Å². The van der Waals surface area contributed by atoms with Crippen LogP contribution in [0.3, 0.4) is 0 Å². The molecule has 9 atom stereocenters. The molecule has 0 aromatic rings. The third-order valence-corrected chi connectivity index (χ3v) is 9.67. The Bertz CT molecular complexity index is 870. The van der Waals surface area contributed by atoms with Gasteiger partial charge in [-0.05, 0) is 45.2 Å². The fourth-order valence-corrected chi connectivity index (χ4v) is 7.61. The van der Waals surface area contributed by atoms with Crippen LogP contribution in [-0.4, -0.2) is 128 Å². The van der Waals surface area contributed by atoms with Crippen LogP contribution in [0, 0.1) is 11.8 Å². The second-order valence-corrected chi connectivity index (χ2v) is 12.0. The van der Waals surface area contributed by atoms with Gasteiger partial charge in [-0.15, -0.1) is 0 Å². The summed E-state index contributed by atoms with van der Waals surface area (Å²) in [6.45, 7) is 4.01. The first-order chi connectivity index (χ1) is 18.4. The van der Waals surface area contributed by atoms with Crippen molar-refractivity contribution in [1.29, 1.82) is 0 Å². The number of amides is 2. The van der Waals surface area contributed by atoms with Gasteiger partial charge in [0.2, 0.25) is 11.8 Å². The highest BCUT2D eigenvalue weighted by Crippen LogP contribution is 2.29. The van der Waals surface area contributed by atoms with Crippen molar-refractivity contribution in [3.05, 3.63) is 0 Å². The van der Waals surface area contributed by atoms with Crippen LogP contribution < -0.4 is 32.4 Å². The molecule has 0 radical (unpaired) electrons. The van der Waals surface area contributed by atoms with Crippen LogP contribution in [0.15, 0.2) is 0 Å². The van der Waals surface area contributed by atoms with Gasteiger partial charge in [0.1, 0.15) is 12.3 Å². The van der Waals surface area contributed by atoms with E-state index in [1.807, 2.05) is 0 Å². The zero-order valence-corrected chi connectivity index (χ0v) is 22.0. The fraction of sp³-hybridized carbons (Fsp3) is 0.920. The van der Waals surface area contributed by atoms with E-state index in [0.29, 0.717) is 44.6 Å². The summed E-state index contributed by atoms with van der Waals surface area (Å²) in [6.07, 6.45) is 1.42. The second kappa shape index (κ2) is 11.2. The fourth-order valence-electron chi connectivity index (χ4n) is 7.61. The molecule has 7 fully saturated rings. The Hall–Kier alpha value is -1.48. The summed E-state index contributed by atoms with van der Waals surface area (Å²) in [6, 6.07) is -0.0678. The summed E-state index contributed by atoms with van der Waals surface area (Å²) in [5, 5.41) is 14.5. The number of rotatable bonds is 4. The highest BCUT2D eigenvalue weighted by Gasteiger charge is 2.49. The smallest absolute Gasteiger partial charge is 0.229 e. The molecule has 7 aliphatic heterocycles. The molecule has 0 aromatic carbocycles. The molecule has 0 aliphatic carbocycles. The number of hydrazine groups is 1. The number of alkyl halides is 2. The lowest BCUT2D eigenvalue weighted by atomic mass is 9.89. The first kappa shape index (κ1) is 26.7. The minimum absolute atomic E-state index is 0.0264. The predicted molar refractivity (Wildman–Crippen MR) is 137 cm³/mol. The quantitative estimate of drug-likeness (QED) is 0.237. The highest BCUT2D eigenvalue weighted by atomic mass is 19.1. The zero-order chi connectivity index (χ0) is 26.4. The molecule has 38 heavy (non-hydrogen) atoms. The Morgan fingerprint density at radius 3 is 2.50 bits per heavy atom. The minimum atomic E-state index is -1.14. The number of nitrogens with zero attached hydrogens (tertiary/aromatic N) is 3. The SMILES string of the molecule is NC1NN2CC(F)CNC2C1C(=O)NC1CNCC(F)C1N1CCC(C(=O)N2CCC3CCC2CN3)CC1. The lowest BCUT2D eigenvalue weighted by Gasteiger charge is -2.45. The molecule has 7 N–H and O–H groups in total. The summed E-state index contributed by atoms with van der Waals surface area (Å²) in [7, 11) is 0. The number of fused-ring (bicyclic) bond motifs is 5. The number of nitrogens with one attached hydrogen (secondary N) is 5. The molecule has 7 heterocycles. The van der Waals surface area contributed by atoms with E-state index in [-0.39, 0.29) is 37.4 Å². The van der Waals surface area contributed by atoms with E-state index in [4.69, 9.17) is 5.73 Å². The molecule has 214 valence electrons. The molecule has 2 bridgehead atoms. The zero-order valence-electron chi connectivity index (χ0n) is 22.0. The van der Waals surface area contributed by atoms with Crippen molar-refractivity contribution in [3.8, 4) is 0 Å². The Morgan fingerprint density at radius 2 is 1.74 bits per heavy atom. The van der Waals surface area contributed by atoms with E-state index >= 15 is 4.39 Å². The van der Waals surface area contributed by atoms with Crippen LogP contribution in [0.2, 0.25) is 0 Å². The van der Waals surface area contributed by atoms with E-state index in [9.17, 15) is 14.0 Å². The Morgan fingerprint density at radius 1 is 0.921 bits per heavy atom. The molecule has 9 unspecified atom stereocenters. The van der Waals surface area contributed by atoms with Crippen molar-refractivity contribution in [2.24, 2.45) is 17.6 Å². The van der Waals surface area contributed by atoms with Gasteiger partial charge >= 0.3 is 0 Å². The van der Waals surface area contributed by atoms with E-state index in [2.05, 4.69) is 36.5 Å². The van der Waals surface area contributed by atoms with Gasteiger partial charge in [0.25, 0.3) is 0 Å². The van der Waals surface area contributed by atoms with Crippen molar-refractivity contribution < 1.29 is 18.4 Å². The Balaban J connectivity index is 1.07. The molecule has 7 saturated heterocycles. The van der Waals surface area contributed by atoms with Crippen LogP contribution in [0.4, 0.5) is 8.78 Å². The number of hydrogen-bond acceptors (Lipinski definition) is 9. The molecule has 7 rings (SSSR count). The molecular formula is C25H43F2N9O2. The summed E-state index contributed by atoms with van der Waals surface area (Å²) in [5.41, 5.74) is 9.22. The van der Waals surface area contributed by atoms with Crippen molar-refractivity contribution in [2.75, 3.05) is 52.4 Å². The van der Waals surface area contributed by atoms with E-state index < -0.39 is 42.7 Å². The monoisotopic (exact) mass is 539 g/mol. The molecule has 11 nitrogen and oxygen atoms in total. The Kier molecular flexibility index (Phi) is 7.87. The summed E-state index contributed by atoms with van der Waals surface area (Å²) < 4.78 is 29.2. The van der Waals surface area contributed by atoms with Crippen LogP contribution in [0.1, 0.15) is 32.1 Å². The van der Waals surface area contributed by atoms with Gasteiger partial charge in [0, 0.05) is 57.3 Å². The number of likely N-dealkylation sites (tertiary alicyclic amines) is 1. The largest absolute Gasteiger partial charge is 0.350 e. The lowest BCUT2D eigenvalue weighted by Crippen LogP contribution is -2.67. The second-order valence-electron chi connectivity index (χ2n) is 12.0. The van der Waals surface area contributed by atoms with Gasteiger partial charge in [-0.1, -0.05) is 0 Å². The Labute approximate surface area is 222 Å². The number of nitrogens with two attached hydrogens (primary N) is 1. The first-order valence-electron chi connectivity index (χ1n) is 14.5. The molecule has 0 aromatic heterocycles. The van der Waals surface area contributed by atoms with Gasteiger partial charge < -0.3 is 26.6 Å². The van der Waals surface area contributed by atoms with Gasteiger partial charge in [0.05, 0.1) is 30.3 Å². The summed E-state index contributed by atoms with van der Waals surface area (Å²) >= 11 is 0. The lowest BCUT2D eigenvalue weighted by molar-refractivity contribution is -0.139. The van der Waals surface area contributed by atoms with Gasteiger partial charge in [-0.3, -0.25) is 19.8 Å². The highest BCUT2D eigenvalue weighted by molar-refractivity contribution is 5.81. The molecule has 7 aliphatic rings. The number of halogens is 2. The standard InChI is InChI=1S/C25H43F2N9O2/c26-15-9-31-23-20(22(28)33-36(23)13-15)24(37)32-19-12-29-11-18(27)21(19)34-6-3-14(4-7-34)25(38)35-8-5-16-1-2-17(35)10-30-16/h14-23,29-31,33H,1-13,28H2,(H,32,37). The van der Waals surface area contributed by atoms with Gasteiger partial charge in [0.15, 0.2) is 0 Å². The summed E-state index contributed by atoms with van der Waals surface area (Å²) in [5.74, 6) is -0.650. The number of piperidine rings is 3. The normalized spacial score (nSPS) is 43.0. The maximum Gasteiger partial charge on any atom is 0.229 e. The van der Waals surface area contributed by atoms with Crippen LogP contribution in [0.25, 0.3) is 0 Å². The van der Waals surface area contributed by atoms with Crippen molar-refractivity contribution in [1.82, 2.24) is 41.5 Å². The van der Waals surface area contributed by atoms with Crippen molar-refractivity contribution >= 4 is 11.8 Å². The maximum atomic E-state index is 15.4. The molecule has 2 amide bonds.